The Morgan fingerprint density at radius 2 is 1.88 bits per heavy atom. The van der Waals surface area contributed by atoms with Crippen molar-refractivity contribution in [1.82, 2.24) is 0 Å². The highest BCUT2D eigenvalue weighted by atomic mass is 127. The van der Waals surface area contributed by atoms with E-state index in [1.165, 1.54) is 3.57 Å². The molecule has 0 radical (unpaired) electrons. The van der Waals surface area contributed by atoms with E-state index in [1.807, 2.05) is 51.1 Å². The summed E-state index contributed by atoms with van der Waals surface area (Å²) in [6.07, 6.45) is 1.75. The van der Waals surface area contributed by atoms with Gasteiger partial charge in [0.25, 0.3) is 0 Å². The molecule has 0 spiro atoms. The van der Waals surface area contributed by atoms with E-state index in [0.29, 0.717) is 5.75 Å². The third-order valence-corrected chi connectivity index (χ3v) is 4.90. The van der Waals surface area contributed by atoms with Crippen LogP contribution in [-0.4, -0.2) is 12.6 Å². The van der Waals surface area contributed by atoms with E-state index in [9.17, 15) is 4.79 Å². The van der Waals surface area contributed by atoms with Crippen LogP contribution in [0, 0.1) is 10.5 Å². The molecule has 3 nitrogen and oxygen atoms in total. The number of ether oxygens (including phenoxy) is 2. The summed E-state index contributed by atoms with van der Waals surface area (Å²) in [6.45, 7) is 9.38. The topological polar surface area (TPSA) is 35.5 Å². The molecule has 24 heavy (non-hydrogen) atoms. The Hall–Kier alpha value is -1.82. The van der Waals surface area contributed by atoms with E-state index in [4.69, 9.17) is 9.47 Å². The smallest absolute Gasteiger partial charge is 0.345 e. The molecule has 0 fully saturated rings. The van der Waals surface area contributed by atoms with Crippen LogP contribution in [0.15, 0.2) is 49.0 Å². The van der Waals surface area contributed by atoms with E-state index >= 15 is 0 Å². The lowest BCUT2D eigenvalue weighted by Crippen LogP contribution is -2.28. The molecule has 0 N–H and O–H groups in total. The zero-order valence-electron chi connectivity index (χ0n) is 14.1. The van der Waals surface area contributed by atoms with Crippen LogP contribution in [0.25, 0.3) is 6.08 Å². The third-order valence-electron chi connectivity index (χ3n) is 3.69. The summed E-state index contributed by atoms with van der Waals surface area (Å²) < 4.78 is 12.3. The number of carbonyl (C=O) groups excluding carboxylic acids is 1. The molecule has 0 saturated heterocycles. The maximum absolute atomic E-state index is 12.1. The van der Waals surface area contributed by atoms with Gasteiger partial charge in [-0.2, -0.15) is 0 Å². The molecule has 2 aromatic rings. The molecule has 126 valence electrons. The van der Waals surface area contributed by atoms with Crippen molar-refractivity contribution in [3.8, 4) is 5.75 Å². The normalized spacial score (nSPS) is 11.0. The van der Waals surface area contributed by atoms with Crippen molar-refractivity contribution in [2.45, 2.75) is 26.4 Å². The highest BCUT2D eigenvalue weighted by Gasteiger charge is 2.26. The van der Waals surface area contributed by atoms with Crippen molar-refractivity contribution in [2.24, 2.45) is 0 Å². The maximum atomic E-state index is 12.1. The van der Waals surface area contributed by atoms with E-state index in [1.54, 1.807) is 18.2 Å². The molecule has 0 aromatic heterocycles. The molecule has 0 aliphatic heterocycles. The number of hydrogen-bond acceptors (Lipinski definition) is 3. The predicted molar refractivity (Wildman–Crippen MR) is 105 cm³/mol. The van der Waals surface area contributed by atoms with Crippen molar-refractivity contribution >= 4 is 34.6 Å². The van der Waals surface area contributed by atoms with Crippen LogP contribution in [0.5, 0.6) is 5.75 Å². The standard InChI is InChI=1S/C20H21IO3/c1-5-15-6-9-17(10-7-15)23-13-19(22)24-20(3,4)16-8-11-18(21)14(2)12-16/h5-12H,1,13H2,2-4H3. The molecule has 0 heterocycles. The maximum Gasteiger partial charge on any atom is 0.345 e. The first-order valence-electron chi connectivity index (χ1n) is 7.65. The lowest BCUT2D eigenvalue weighted by Gasteiger charge is -2.26. The second-order valence-electron chi connectivity index (χ2n) is 6.01. The number of aryl methyl sites for hydroxylation is 1. The minimum Gasteiger partial charge on any atom is -0.482 e. The van der Waals surface area contributed by atoms with Crippen LogP contribution in [0.3, 0.4) is 0 Å². The Bertz CT molecular complexity index is 733. The van der Waals surface area contributed by atoms with Gasteiger partial charge in [0.15, 0.2) is 6.61 Å². The second kappa shape index (κ2) is 7.83. The molecule has 2 aromatic carbocycles. The largest absolute Gasteiger partial charge is 0.482 e. The summed E-state index contributed by atoms with van der Waals surface area (Å²) in [5.74, 6) is 0.226. The van der Waals surface area contributed by atoms with Gasteiger partial charge in [0, 0.05) is 3.57 Å². The minimum absolute atomic E-state index is 0.125. The summed E-state index contributed by atoms with van der Waals surface area (Å²) in [6, 6.07) is 13.4. The molecule has 2 rings (SSSR count). The average molecular weight is 436 g/mol. The van der Waals surface area contributed by atoms with Crippen LogP contribution in [0.1, 0.15) is 30.5 Å². The van der Waals surface area contributed by atoms with E-state index < -0.39 is 11.6 Å². The quantitative estimate of drug-likeness (QED) is 0.467. The molecule has 0 aliphatic rings. The van der Waals surface area contributed by atoms with Gasteiger partial charge in [0.1, 0.15) is 11.4 Å². The average Bonchev–Trinajstić information content (AvgIpc) is 2.55. The third kappa shape index (κ3) is 4.84. The fraction of sp³-hybridized carbons (Fsp3) is 0.250. The lowest BCUT2D eigenvalue weighted by atomic mass is 9.96. The number of halogens is 1. The summed E-state index contributed by atoms with van der Waals surface area (Å²) in [5.41, 5.74) is 2.42. The Kier molecular flexibility index (Phi) is 6.04. The molecule has 0 unspecified atom stereocenters. The number of hydrogen-bond donors (Lipinski definition) is 0. The number of benzene rings is 2. The van der Waals surface area contributed by atoms with Gasteiger partial charge in [0.05, 0.1) is 0 Å². The SMILES string of the molecule is C=Cc1ccc(OCC(=O)OC(C)(C)c2ccc(I)c(C)c2)cc1. The summed E-state index contributed by atoms with van der Waals surface area (Å²) in [4.78, 5) is 12.1. The summed E-state index contributed by atoms with van der Waals surface area (Å²) in [7, 11) is 0. The van der Waals surface area contributed by atoms with Crippen LogP contribution in [-0.2, 0) is 15.1 Å². The zero-order valence-corrected chi connectivity index (χ0v) is 16.3. The van der Waals surface area contributed by atoms with Gasteiger partial charge in [0.2, 0.25) is 0 Å². The van der Waals surface area contributed by atoms with Gasteiger partial charge >= 0.3 is 5.97 Å². The predicted octanol–water partition coefficient (Wildman–Crippen LogP) is 5.10. The van der Waals surface area contributed by atoms with Crippen LogP contribution in [0.4, 0.5) is 0 Å². The molecular formula is C20H21IO3. The molecule has 0 bridgehead atoms. The van der Waals surface area contributed by atoms with Crippen molar-refractivity contribution in [2.75, 3.05) is 6.61 Å². The lowest BCUT2D eigenvalue weighted by molar-refractivity contribution is -0.159. The van der Waals surface area contributed by atoms with Crippen molar-refractivity contribution in [3.05, 3.63) is 69.3 Å². The fourth-order valence-corrected chi connectivity index (χ4v) is 2.57. The highest BCUT2D eigenvalue weighted by Crippen LogP contribution is 2.27. The first-order valence-corrected chi connectivity index (χ1v) is 8.73. The summed E-state index contributed by atoms with van der Waals surface area (Å²) >= 11 is 2.29. The van der Waals surface area contributed by atoms with Crippen LogP contribution >= 0.6 is 22.6 Å². The summed E-state index contributed by atoms with van der Waals surface area (Å²) in [5, 5.41) is 0. The van der Waals surface area contributed by atoms with Crippen molar-refractivity contribution in [3.63, 3.8) is 0 Å². The first kappa shape index (κ1) is 18.5. The number of esters is 1. The van der Waals surface area contributed by atoms with E-state index in [2.05, 4.69) is 29.2 Å². The Balaban J connectivity index is 1.96. The van der Waals surface area contributed by atoms with Gasteiger partial charge < -0.3 is 9.47 Å². The molecule has 0 amide bonds. The van der Waals surface area contributed by atoms with Gasteiger partial charge in [-0.05, 0) is 78.3 Å². The highest BCUT2D eigenvalue weighted by molar-refractivity contribution is 14.1. The van der Waals surface area contributed by atoms with Gasteiger partial charge in [-0.3, -0.25) is 0 Å². The monoisotopic (exact) mass is 436 g/mol. The minimum atomic E-state index is -0.706. The Morgan fingerprint density at radius 1 is 1.21 bits per heavy atom. The molecular weight excluding hydrogens is 415 g/mol. The molecule has 0 saturated carbocycles. The Morgan fingerprint density at radius 3 is 2.46 bits per heavy atom. The molecule has 0 aliphatic carbocycles. The number of carbonyl (C=O) groups is 1. The zero-order chi connectivity index (χ0) is 17.7. The van der Waals surface area contributed by atoms with Gasteiger partial charge in [-0.25, -0.2) is 4.79 Å². The molecule has 4 heteroatoms. The van der Waals surface area contributed by atoms with Gasteiger partial charge in [-0.15, -0.1) is 0 Å². The first-order chi connectivity index (χ1) is 11.3. The van der Waals surface area contributed by atoms with Gasteiger partial charge in [-0.1, -0.05) is 36.9 Å². The van der Waals surface area contributed by atoms with Crippen LogP contribution in [0.2, 0.25) is 0 Å². The van der Waals surface area contributed by atoms with E-state index in [0.717, 1.165) is 16.7 Å². The Labute approximate surface area is 156 Å². The van der Waals surface area contributed by atoms with E-state index in [-0.39, 0.29) is 6.61 Å². The van der Waals surface area contributed by atoms with Crippen molar-refractivity contribution < 1.29 is 14.3 Å². The molecule has 0 atom stereocenters. The fourth-order valence-electron chi connectivity index (χ4n) is 2.23. The van der Waals surface area contributed by atoms with Crippen molar-refractivity contribution in [1.29, 1.82) is 0 Å². The second-order valence-corrected chi connectivity index (χ2v) is 7.17. The van der Waals surface area contributed by atoms with Crippen LogP contribution < -0.4 is 4.74 Å². The number of rotatable bonds is 6.